The molecule has 7 nitrogen and oxygen atoms in total. The largest absolute Gasteiger partial charge is 0.451 e. The molecule has 176 valence electrons. The number of nitrogens with zero attached hydrogens (tertiary/aromatic N) is 2. The van der Waals surface area contributed by atoms with E-state index in [1.54, 1.807) is 24.3 Å². The van der Waals surface area contributed by atoms with Crippen LogP contribution in [0.15, 0.2) is 51.1 Å². The van der Waals surface area contributed by atoms with Crippen LogP contribution in [0.5, 0.6) is 0 Å². The lowest BCUT2D eigenvalue weighted by Gasteiger charge is -2.15. The first-order valence-electron chi connectivity index (χ1n) is 11.1. The van der Waals surface area contributed by atoms with Gasteiger partial charge in [-0.3, -0.25) is 10.1 Å². The third-order valence-corrected chi connectivity index (χ3v) is 9.01. The van der Waals surface area contributed by atoms with Gasteiger partial charge in [0.05, 0.1) is 10.6 Å². The van der Waals surface area contributed by atoms with Crippen LogP contribution >= 0.6 is 11.3 Å². The second kappa shape index (κ2) is 8.65. The number of carbonyl (C=O) groups excluding carboxylic acids is 1. The van der Waals surface area contributed by atoms with E-state index in [2.05, 4.69) is 10.3 Å². The Morgan fingerprint density at radius 1 is 1.06 bits per heavy atom. The topological polar surface area (TPSA) is 92.5 Å². The Bertz CT molecular complexity index is 1500. The number of hydrogen-bond donors (Lipinski definition) is 1. The van der Waals surface area contributed by atoms with Crippen LogP contribution < -0.4 is 5.32 Å². The van der Waals surface area contributed by atoms with E-state index in [0.29, 0.717) is 29.5 Å². The van der Waals surface area contributed by atoms with E-state index in [4.69, 9.17) is 4.42 Å². The third-order valence-electron chi connectivity index (χ3n) is 6.34. The number of carbonyl (C=O) groups is 1. The third kappa shape index (κ3) is 4.04. The molecule has 34 heavy (non-hydrogen) atoms. The molecule has 0 radical (unpaired) electrons. The average Bonchev–Trinajstić information content (AvgIpc) is 3.57. The van der Waals surface area contributed by atoms with Crippen LogP contribution in [0.4, 0.5) is 5.13 Å². The van der Waals surface area contributed by atoms with Crippen LogP contribution in [0.3, 0.4) is 0 Å². The molecule has 9 heteroatoms. The molecule has 5 rings (SSSR count). The molecule has 0 spiro atoms. The molecule has 3 heterocycles. The van der Waals surface area contributed by atoms with Crippen molar-refractivity contribution in [3.8, 4) is 11.3 Å². The van der Waals surface area contributed by atoms with Crippen LogP contribution in [-0.4, -0.2) is 36.7 Å². The second-order valence-electron chi connectivity index (χ2n) is 8.62. The molecule has 2 aromatic carbocycles. The fourth-order valence-electron chi connectivity index (χ4n) is 4.19. The molecule has 1 N–H and O–H groups in total. The quantitative estimate of drug-likeness (QED) is 0.394. The van der Waals surface area contributed by atoms with Gasteiger partial charge in [-0.1, -0.05) is 12.1 Å². The fourth-order valence-corrected chi connectivity index (χ4v) is 6.42. The van der Waals surface area contributed by atoms with E-state index in [1.807, 2.05) is 38.3 Å². The van der Waals surface area contributed by atoms with Gasteiger partial charge in [-0.15, -0.1) is 11.3 Å². The molecule has 1 aliphatic heterocycles. The van der Waals surface area contributed by atoms with Crippen LogP contribution in [0, 0.1) is 20.8 Å². The molecule has 0 bridgehead atoms. The predicted molar refractivity (Wildman–Crippen MR) is 134 cm³/mol. The number of rotatable bonds is 5. The molecular weight excluding hydrogens is 470 g/mol. The first-order chi connectivity index (χ1) is 16.2. The molecule has 0 unspecified atom stereocenters. The molecule has 1 saturated heterocycles. The number of aromatic nitrogens is 1. The maximum Gasteiger partial charge on any atom is 0.293 e. The highest BCUT2D eigenvalue weighted by atomic mass is 32.2. The zero-order valence-electron chi connectivity index (χ0n) is 19.2. The van der Waals surface area contributed by atoms with Gasteiger partial charge < -0.3 is 4.42 Å². The smallest absolute Gasteiger partial charge is 0.293 e. The number of aryl methyl sites for hydroxylation is 3. The summed E-state index contributed by atoms with van der Waals surface area (Å²) in [6, 6.07) is 10.7. The molecule has 0 saturated carbocycles. The molecule has 1 aliphatic rings. The lowest BCUT2D eigenvalue weighted by molar-refractivity contribution is 0.0998. The first kappa shape index (κ1) is 22.8. The van der Waals surface area contributed by atoms with Gasteiger partial charge in [0.25, 0.3) is 5.91 Å². The Labute approximate surface area is 202 Å². The van der Waals surface area contributed by atoms with Crippen molar-refractivity contribution in [2.75, 3.05) is 18.4 Å². The first-order valence-corrected chi connectivity index (χ1v) is 13.4. The van der Waals surface area contributed by atoms with E-state index >= 15 is 0 Å². The molecule has 1 fully saturated rings. The zero-order chi connectivity index (χ0) is 24.0. The lowest BCUT2D eigenvalue weighted by Crippen LogP contribution is -2.27. The molecular formula is C25H25N3O4S2. The Balaban J connectivity index is 1.34. The number of nitrogens with one attached hydrogen (secondary N) is 1. The van der Waals surface area contributed by atoms with E-state index in [0.717, 1.165) is 40.5 Å². The number of hydrogen-bond acceptors (Lipinski definition) is 6. The Morgan fingerprint density at radius 2 is 1.74 bits per heavy atom. The summed E-state index contributed by atoms with van der Waals surface area (Å²) < 4.78 is 32.8. The minimum atomic E-state index is -3.45. The molecule has 1 amide bonds. The number of sulfonamides is 1. The summed E-state index contributed by atoms with van der Waals surface area (Å²) in [7, 11) is -3.45. The number of furan rings is 1. The van der Waals surface area contributed by atoms with Crippen molar-refractivity contribution >= 4 is 43.4 Å². The molecule has 4 aromatic rings. The van der Waals surface area contributed by atoms with E-state index in [-0.39, 0.29) is 16.6 Å². The van der Waals surface area contributed by atoms with Crippen LogP contribution in [0.25, 0.3) is 22.2 Å². The van der Waals surface area contributed by atoms with Crippen molar-refractivity contribution in [2.24, 2.45) is 0 Å². The standard InChI is InChI=1S/C25H25N3O4S2/c1-15-12-20-17(3)23(32-22(20)13-16(15)2)24(29)27-25-26-21(14-33-25)18-6-8-19(9-7-18)34(30,31)28-10-4-5-11-28/h6-9,12-14H,4-5,10-11H2,1-3H3,(H,26,27,29). The van der Waals surface area contributed by atoms with Crippen molar-refractivity contribution in [1.29, 1.82) is 0 Å². The number of fused-ring (bicyclic) bond motifs is 1. The van der Waals surface area contributed by atoms with Gasteiger partial charge in [0.2, 0.25) is 10.0 Å². The highest BCUT2D eigenvalue weighted by Crippen LogP contribution is 2.30. The van der Waals surface area contributed by atoms with Crippen LogP contribution in [-0.2, 0) is 10.0 Å². The van der Waals surface area contributed by atoms with Crippen LogP contribution in [0.2, 0.25) is 0 Å². The summed E-state index contributed by atoms with van der Waals surface area (Å²) in [4.78, 5) is 17.7. The van der Waals surface area contributed by atoms with Gasteiger partial charge in [-0.05, 0) is 69.0 Å². The van der Waals surface area contributed by atoms with Gasteiger partial charge in [0, 0.05) is 35.0 Å². The number of benzene rings is 2. The summed E-state index contributed by atoms with van der Waals surface area (Å²) >= 11 is 1.30. The maximum atomic E-state index is 12.9. The molecule has 2 aromatic heterocycles. The second-order valence-corrected chi connectivity index (χ2v) is 11.4. The van der Waals surface area contributed by atoms with Crippen molar-refractivity contribution < 1.29 is 17.6 Å². The lowest BCUT2D eigenvalue weighted by atomic mass is 10.1. The predicted octanol–water partition coefficient (Wildman–Crippen LogP) is 5.52. The fraction of sp³-hybridized carbons (Fsp3) is 0.280. The van der Waals surface area contributed by atoms with Gasteiger partial charge in [0.15, 0.2) is 10.9 Å². The molecule has 0 aliphatic carbocycles. The van der Waals surface area contributed by atoms with E-state index in [1.165, 1.54) is 15.6 Å². The highest BCUT2D eigenvalue weighted by molar-refractivity contribution is 7.89. The average molecular weight is 496 g/mol. The van der Waals surface area contributed by atoms with Gasteiger partial charge in [-0.2, -0.15) is 4.31 Å². The molecule has 0 atom stereocenters. The van der Waals surface area contributed by atoms with Gasteiger partial charge in [0.1, 0.15) is 5.58 Å². The zero-order valence-corrected chi connectivity index (χ0v) is 20.8. The summed E-state index contributed by atoms with van der Waals surface area (Å²) in [5, 5.41) is 6.03. The van der Waals surface area contributed by atoms with Crippen molar-refractivity contribution in [3.63, 3.8) is 0 Å². The van der Waals surface area contributed by atoms with Gasteiger partial charge in [-0.25, -0.2) is 13.4 Å². The monoisotopic (exact) mass is 495 g/mol. The maximum absolute atomic E-state index is 12.9. The van der Waals surface area contributed by atoms with E-state index in [9.17, 15) is 13.2 Å². The van der Waals surface area contributed by atoms with E-state index < -0.39 is 10.0 Å². The van der Waals surface area contributed by atoms with Crippen LogP contribution in [0.1, 0.15) is 40.1 Å². The van der Waals surface area contributed by atoms with Gasteiger partial charge >= 0.3 is 0 Å². The Hall–Kier alpha value is -3.01. The minimum absolute atomic E-state index is 0.272. The normalized spacial score (nSPS) is 14.7. The Morgan fingerprint density at radius 3 is 2.44 bits per heavy atom. The summed E-state index contributed by atoms with van der Waals surface area (Å²) in [6.07, 6.45) is 1.80. The number of anilines is 1. The SMILES string of the molecule is Cc1cc2oc(C(=O)Nc3nc(-c4ccc(S(=O)(=O)N5CCCC5)cc4)cs3)c(C)c2cc1C. The minimum Gasteiger partial charge on any atom is -0.451 e. The van der Waals surface area contributed by atoms with Crippen molar-refractivity contribution in [1.82, 2.24) is 9.29 Å². The highest BCUT2D eigenvalue weighted by Gasteiger charge is 2.27. The summed E-state index contributed by atoms with van der Waals surface area (Å²) in [6.45, 7) is 7.07. The number of thiazole rings is 1. The number of amides is 1. The summed E-state index contributed by atoms with van der Waals surface area (Å²) in [5.41, 5.74) is 5.18. The summed E-state index contributed by atoms with van der Waals surface area (Å²) in [5.74, 6) is -0.0785. The van der Waals surface area contributed by atoms with Crippen molar-refractivity contribution in [2.45, 2.75) is 38.5 Å². The Kier molecular flexibility index (Phi) is 5.79. The van der Waals surface area contributed by atoms with Crippen molar-refractivity contribution in [3.05, 3.63) is 64.2 Å².